The van der Waals surface area contributed by atoms with E-state index in [2.05, 4.69) is 16.2 Å². The second kappa shape index (κ2) is 8.29. The van der Waals surface area contributed by atoms with Crippen LogP contribution in [0.4, 0.5) is 10.1 Å². The predicted octanol–water partition coefficient (Wildman–Crippen LogP) is 7.39. The molecule has 2 heterocycles. The van der Waals surface area contributed by atoms with Gasteiger partial charge < -0.3 is 13.8 Å². The van der Waals surface area contributed by atoms with Gasteiger partial charge in [-0.05, 0) is 106 Å². The molecule has 214 valence electrons. The number of nitrogens with zero attached hydrogens (tertiary/aromatic N) is 4. The first-order valence-corrected chi connectivity index (χ1v) is 15.7. The lowest BCUT2D eigenvalue weighted by molar-refractivity contribution is -0.215. The highest BCUT2D eigenvalue weighted by Gasteiger charge is 2.69. The van der Waals surface area contributed by atoms with Crippen molar-refractivity contribution in [2.45, 2.75) is 113 Å². The van der Waals surface area contributed by atoms with E-state index >= 15 is 0 Å². The SMILES string of the molecule is O=C(CC12CC(F)(C1)C2)N(CC12CCC(c3nc(C4CC4)no3)(CC1)CC2)c1cccc(-c2cnc(C3CC3)o2)c1. The third-order valence-electron chi connectivity index (χ3n) is 11.5. The molecule has 8 aliphatic carbocycles. The summed E-state index contributed by atoms with van der Waals surface area (Å²) in [6.45, 7) is 0.698. The lowest BCUT2D eigenvalue weighted by Crippen LogP contribution is -2.65. The van der Waals surface area contributed by atoms with Gasteiger partial charge in [-0.15, -0.1) is 0 Å². The van der Waals surface area contributed by atoms with Gasteiger partial charge >= 0.3 is 0 Å². The topological polar surface area (TPSA) is 85.3 Å². The van der Waals surface area contributed by atoms with Crippen molar-refractivity contribution < 1.29 is 18.1 Å². The molecule has 0 spiro atoms. The smallest absolute Gasteiger partial charge is 0.232 e. The van der Waals surface area contributed by atoms with Gasteiger partial charge in [-0.1, -0.05) is 17.3 Å². The summed E-state index contributed by atoms with van der Waals surface area (Å²) in [5.41, 5.74) is 0.775. The van der Waals surface area contributed by atoms with E-state index in [9.17, 15) is 9.18 Å². The Morgan fingerprint density at radius 1 is 0.976 bits per heavy atom. The Hall–Kier alpha value is -3.03. The van der Waals surface area contributed by atoms with Crippen molar-refractivity contribution in [3.63, 3.8) is 0 Å². The van der Waals surface area contributed by atoms with E-state index in [0.717, 1.165) is 86.0 Å². The standard InChI is InChI=1S/C33H37FN4O3/c34-33-17-31(18-33,19-33)15-26(39)38(24-3-1-2-23(14-24)25-16-35-28(40-25)22-6-7-22)20-30-8-11-32(12-9-30,13-10-30)29-36-27(37-41-29)21-4-5-21/h1-3,14,16,21-22H,4-13,15,17-20H2. The molecule has 8 saturated carbocycles. The first-order chi connectivity index (χ1) is 19.8. The van der Waals surface area contributed by atoms with Crippen LogP contribution in [0.15, 0.2) is 39.4 Å². The molecule has 1 aromatic carbocycles. The Balaban J connectivity index is 0.979. The summed E-state index contributed by atoms with van der Waals surface area (Å²) in [5.74, 6) is 4.39. The number of aromatic nitrogens is 3. The zero-order valence-corrected chi connectivity index (χ0v) is 23.5. The van der Waals surface area contributed by atoms with Crippen LogP contribution < -0.4 is 4.90 Å². The van der Waals surface area contributed by atoms with Gasteiger partial charge in [0.05, 0.1) is 6.20 Å². The summed E-state index contributed by atoms with van der Waals surface area (Å²) in [6.07, 6.45) is 14.7. The molecule has 0 N–H and O–H groups in total. The highest BCUT2D eigenvalue weighted by molar-refractivity contribution is 5.95. The molecule has 2 aromatic heterocycles. The number of hydrogen-bond acceptors (Lipinski definition) is 6. The van der Waals surface area contributed by atoms with Crippen LogP contribution in [0, 0.1) is 10.8 Å². The molecule has 11 rings (SSSR count). The van der Waals surface area contributed by atoms with E-state index in [1.807, 2.05) is 29.3 Å². The van der Waals surface area contributed by atoms with Gasteiger partial charge in [0.15, 0.2) is 17.5 Å². The fourth-order valence-electron chi connectivity index (χ4n) is 8.67. The number of halogens is 1. The molecular formula is C33H37FN4O3. The minimum atomic E-state index is -1.00. The molecular weight excluding hydrogens is 519 g/mol. The normalized spacial score (nSPS) is 35.1. The zero-order chi connectivity index (χ0) is 27.5. The maximum atomic E-state index is 14.4. The quantitative estimate of drug-likeness (QED) is 0.273. The van der Waals surface area contributed by atoms with Gasteiger partial charge in [0, 0.05) is 41.5 Å². The van der Waals surface area contributed by atoms with Crippen molar-refractivity contribution in [2.75, 3.05) is 11.4 Å². The monoisotopic (exact) mass is 556 g/mol. The summed E-state index contributed by atoms with van der Waals surface area (Å²) in [5, 5.41) is 4.32. The number of alkyl halides is 1. The summed E-state index contributed by atoms with van der Waals surface area (Å²) in [7, 11) is 0. The number of oxazole rings is 1. The lowest BCUT2D eigenvalue weighted by atomic mass is 9.41. The number of amides is 1. The van der Waals surface area contributed by atoms with Crippen molar-refractivity contribution in [1.29, 1.82) is 0 Å². The maximum Gasteiger partial charge on any atom is 0.232 e. The molecule has 1 amide bonds. The van der Waals surface area contributed by atoms with Crippen molar-refractivity contribution in [3.05, 3.63) is 48.1 Å². The van der Waals surface area contributed by atoms with Crippen molar-refractivity contribution in [1.82, 2.24) is 15.1 Å². The van der Waals surface area contributed by atoms with Crippen LogP contribution in [0.2, 0.25) is 0 Å². The molecule has 0 saturated heterocycles. The Kier molecular flexibility index (Phi) is 4.96. The first kappa shape index (κ1) is 24.6. The molecule has 0 radical (unpaired) electrons. The number of rotatable bonds is 9. The van der Waals surface area contributed by atoms with E-state index in [1.165, 1.54) is 12.8 Å². The van der Waals surface area contributed by atoms with Crippen LogP contribution in [0.5, 0.6) is 0 Å². The third-order valence-corrected chi connectivity index (χ3v) is 11.5. The number of hydrogen-bond donors (Lipinski definition) is 0. The van der Waals surface area contributed by atoms with Crippen LogP contribution >= 0.6 is 0 Å². The first-order valence-electron chi connectivity index (χ1n) is 15.7. The molecule has 8 aliphatic rings. The fourth-order valence-corrected chi connectivity index (χ4v) is 8.67. The van der Waals surface area contributed by atoms with Crippen molar-refractivity contribution in [2.24, 2.45) is 10.8 Å². The number of fused-ring (bicyclic) bond motifs is 3. The Labute approximate surface area is 239 Å². The van der Waals surface area contributed by atoms with E-state index in [0.29, 0.717) is 44.1 Å². The fraction of sp³-hybridized carbons (Fsp3) is 0.636. The van der Waals surface area contributed by atoms with Crippen LogP contribution in [-0.4, -0.2) is 33.2 Å². The van der Waals surface area contributed by atoms with Gasteiger partial charge in [0.25, 0.3) is 0 Å². The van der Waals surface area contributed by atoms with Crippen LogP contribution in [0.3, 0.4) is 0 Å². The second-order valence-corrected chi connectivity index (χ2v) is 14.7. The van der Waals surface area contributed by atoms with Crippen LogP contribution in [0.1, 0.15) is 119 Å². The minimum absolute atomic E-state index is 0.0104. The number of anilines is 1. The summed E-state index contributed by atoms with van der Waals surface area (Å²) in [6, 6.07) is 8.17. The molecule has 7 nitrogen and oxygen atoms in total. The average molecular weight is 557 g/mol. The highest BCUT2D eigenvalue weighted by Crippen LogP contribution is 2.71. The number of carbonyl (C=O) groups excluding carboxylic acids is 1. The van der Waals surface area contributed by atoms with E-state index in [-0.39, 0.29) is 22.2 Å². The molecule has 3 aromatic rings. The summed E-state index contributed by atoms with van der Waals surface area (Å²) in [4.78, 5) is 25.5. The van der Waals surface area contributed by atoms with Crippen molar-refractivity contribution in [3.8, 4) is 11.3 Å². The molecule has 0 aliphatic heterocycles. The largest absolute Gasteiger partial charge is 0.440 e. The second-order valence-electron chi connectivity index (χ2n) is 14.7. The number of carbonyl (C=O) groups is 1. The predicted molar refractivity (Wildman–Crippen MR) is 149 cm³/mol. The molecule has 0 atom stereocenters. The average Bonchev–Trinajstić information content (AvgIpc) is 3.90. The molecule has 8 fully saturated rings. The Bertz CT molecular complexity index is 1490. The molecule has 4 bridgehead atoms. The van der Waals surface area contributed by atoms with Gasteiger partial charge in [-0.2, -0.15) is 4.98 Å². The van der Waals surface area contributed by atoms with Gasteiger partial charge in [0.2, 0.25) is 11.8 Å². The summed E-state index contributed by atoms with van der Waals surface area (Å²) < 4.78 is 26.3. The minimum Gasteiger partial charge on any atom is -0.440 e. The molecule has 41 heavy (non-hydrogen) atoms. The van der Waals surface area contributed by atoms with Gasteiger partial charge in [-0.3, -0.25) is 4.79 Å². The highest BCUT2D eigenvalue weighted by atomic mass is 19.1. The Morgan fingerprint density at radius 3 is 2.39 bits per heavy atom. The van der Waals surface area contributed by atoms with E-state index in [4.69, 9.17) is 13.9 Å². The number of benzene rings is 1. The molecule has 8 heteroatoms. The van der Waals surface area contributed by atoms with Gasteiger partial charge in [0.1, 0.15) is 5.67 Å². The van der Waals surface area contributed by atoms with Crippen LogP contribution in [-0.2, 0) is 10.2 Å². The van der Waals surface area contributed by atoms with Gasteiger partial charge in [-0.25, -0.2) is 9.37 Å². The zero-order valence-electron chi connectivity index (χ0n) is 23.5. The maximum absolute atomic E-state index is 14.4. The van der Waals surface area contributed by atoms with E-state index < -0.39 is 5.67 Å². The Morgan fingerprint density at radius 2 is 1.71 bits per heavy atom. The summed E-state index contributed by atoms with van der Waals surface area (Å²) >= 11 is 0. The van der Waals surface area contributed by atoms with E-state index in [1.54, 1.807) is 0 Å². The third kappa shape index (κ3) is 4.03. The van der Waals surface area contributed by atoms with Crippen LogP contribution in [0.25, 0.3) is 11.3 Å². The molecule has 0 unspecified atom stereocenters. The van der Waals surface area contributed by atoms with Crippen molar-refractivity contribution >= 4 is 11.6 Å². The lowest BCUT2D eigenvalue weighted by Gasteiger charge is -2.66.